The lowest BCUT2D eigenvalue weighted by molar-refractivity contribution is -0.127. The normalized spacial score (nSPS) is 11.8. The van der Waals surface area contributed by atoms with E-state index in [4.69, 9.17) is 4.74 Å². The molecule has 0 aliphatic carbocycles. The molecule has 1 amide bonds. The number of carbonyl (C=O) groups is 1. The van der Waals surface area contributed by atoms with Crippen molar-refractivity contribution in [1.82, 2.24) is 5.32 Å². The molecule has 0 aliphatic heterocycles. The zero-order valence-electron chi connectivity index (χ0n) is 15.5. The third-order valence-electron chi connectivity index (χ3n) is 4.09. The number of aryl methyl sites for hydroxylation is 2. The van der Waals surface area contributed by atoms with Gasteiger partial charge in [0.15, 0.2) is 6.10 Å². The predicted molar refractivity (Wildman–Crippen MR) is 106 cm³/mol. The van der Waals surface area contributed by atoms with Crippen molar-refractivity contribution < 1.29 is 9.53 Å². The third-order valence-corrected chi connectivity index (χ3v) is 5.12. The van der Waals surface area contributed by atoms with Gasteiger partial charge in [-0.1, -0.05) is 36.4 Å². The average Bonchev–Trinajstić information content (AvgIpc) is 2.59. The van der Waals surface area contributed by atoms with Gasteiger partial charge in [0.1, 0.15) is 5.75 Å². The fraction of sp³-hybridized carbons (Fsp3) is 0.381. The van der Waals surface area contributed by atoms with E-state index in [-0.39, 0.29) is 5.91 Å². The highest BCUT2D eigenvalue weighted by molar-refractivity contribution is 7.98. The van der Waals surface area contributed by atoms with Crippen molar-refractivity contribution in [3.63, 3.8) is 0 Å². The fourth-order valence-corrected chi connectivity index (χ4v) is 3.34. The summed E-state index contributed by atoms with van der Waals surface area (Å²) in [5, 5.41) is 2.95. The van der Waals surface area contributed by atoms with Crippen LogP contribution in [0.1, 0.15) is 29.2 Å². The van der Waals surface area contributed by atoms with Gasteiger partial charge in [-0.2, -0.15) is 11.8 Å². The van der Waals surface area contributed by atoms with Gasteiger partial charge in [-0.05, 0) is 56.0 Å². The zero-order chi connectivity index (χ0) is 18.2. The number of ether oxygens (including phenoxy) is 1. The first-order valence-electron chi connectivity index (χ1n) is 8.61. The number of nitrogens with one attached hydrogen (secondary N) is 1. The molecule has 2 aromatic rings. The lowest BCUT2D eigenvalue weighted by Gasteiger charge is -2.18. The van der Waals surface area contributed by atoms with Crippen LogP contribution in [-0.4, -0.2) is 24.3 Å². The summed E-state index contributed by atoms with van der Waals surface area (Å²) in [5.41, 5.74) is 4.72. The summed E-state index contributed by atoms with van der Waals surface area (Å²) in [5.74, 6) is 2.57. The minimum Gasteiger partial charge on any atom is -0.481 e. The number of rotatable bonds is 8. The van der Waals surface area contributed by atoms with Gasteiger partial charge in [-0.25, -0.2) is 0 Å². The van der Waals surface area contributed by atoms with Crippen LogP contribution in [0.25, 0.3) is 0 Å². The summed E-state index contributed by atoms with van der Waals surface area (Å²) in [7, 11) is 0. The van der Waals surface area contributed by atoms with Gasteiger partial charge in [0, 0.05) is 18.1 Å². The number of amides is 1. The zero-order valence-corrected chi connectivity index (χ0v) is 16.3. The Balaban J connectivity index is 1.73. The second-order valence-corrected chi connectivity index (χ2v) is 7.40. The van der Waals surface area contributed by atoms with Crippen molar-refractivity contribution in [2.45, 2.75) is 39.6 Å². The van der Waals surface area contributed by atoms with Crippen LogP contribution in [0, 0.1) is 20.8 Å². The predicted octanol–water partition coefficient (Wildman–Crippen LogP) is 4.43. The maximum atomic E-state index is 12.2. The highest BCUT2D eigenvalue weighted by atomic mass is 32.2. The van der Waals surface area contributed by atoms with Gasteiger partial charge < -0.3 is 10.1 Å². The molecule has 0 unspecified atom stereocenters. The molecule has 1 N–H and O–H groups in total. The van der Waals surface area contributed by atoms with E-state index < -0.39 is 6.10 Å². The van der Waals surface area contributed by atoms with Gasteiger partial charge in [0.05, 0.1) is 0 Å². The molecule has 0 saturated heterocycles. The van der Waals surface area contributed by atoms with Gasteiger partial charge >= 0.3 is 0 Å². The summed E-state index contributed by atoms with van der Waals surface area (Å²) in [6.45, 7) is 8.56. The molecular weight excluding hydrogens is 330 g/mol. The van der Waals surface area contributed by atoms with Crippen LogP contribution in [0.3, 0.4) is 0 Å². The first kappa shape index (κ1) is 19.4. The van der Waals surface area contributed by atoms with Crippen LogP contribution >= 0.6 is 11.8 Å². The van der Waals surface area contributed by atoms with Crippen LogP contribution in [-0.2, 0) is 10.5 Å². The number of benzene rings is 2. The molecule has 2 rings (SSSR count). The molecule has 0 aliphatic rings. The molecule has 0 fully saturated rings. The maximum absolute atomic E-state index is 12.2. The van der Waals surface area contributed by atoms with Crippen LogP contribution in [0.15, 0.2) is 42.5 Å². The molecule has 0 heterocycles. The van der Waals surface area contributed by atoms with Crippen molar-refractivity contribution in [3.05, 3.63) is 64.7 Å². The summed E-state index contributed by atoms with van der Waals surface area (Å²) in [6, 6.07) is 14.5. The summed E-state index contributed by atoms with van der Waals surface area (Å²) >= 11 is 1.81. The standard InChI is InChI=1S/C21H27NO2S/c1-15-12-16(2)17(3)20(13-15)24-18(4)21(23)22-10-11-25-14-19-8-6-5-7-9-19/h5-9,12-13,18H,10-11,14H2,1-4H3,(H,22,23)/t18-/m0/s1. The Bertz CT molecular complexity index is 701. The van der Waals surface area contributed by atoms with Crippen LogP contribution in [0.4, 0.5) is 0 Å². The molecule has 0 aromatic heterocycles. The molecule has 0 spiro atoms. The average molecular weight is 358 g/mol. The minimum atomic E-state index is -0.501. The number of thioether (sulfide) groups is 1. The Hall–Kier alpha value is -1.94. The second-order valence-electron chi connectivity index (χ2n) is 6.29. The Labute approximate surface area is 155 Å². The van der Waals surface area contributed by atoms with E-state index in [1.165, 1.54) is 11.1 Å². The lowest BCUT2D eigenvalue weighted by atomic mass is 10.1. The monoisotopic (exact) mass is 357 g/mol. The third kappa shape index (κ3) is 6.13. The van der Waals surface area contributed by atoms with E-state index in [0.29, 0.717) is 6.54 Å². The fourth-order valence-electron chi connectivity index (χ4n) is 2.52. The van der Waals surface area contributed by atoms with Gasteiger partial charge in [0.25, 0.3) is 5.91 Å². The van der Waals surface area contributed by atoms with E-state index in [0.717, 1.165) is 28.4 Å². The molecule has 1 atom stereocenters. The number of carbonyl (C=O) groups excluding carboxylic acids is 1. The number of hydrogen-bond acceptors (Lipinski definition) is 3. The van der Waals surface area contributed by atoms with Crippen LogP contribution < -0.4 is 10.1 Å². The quantitative estimate of drug-likeness (QED) is 0.710. The first-order chi connectivity index (χ1) is 12.0. The number of hydrogen-bond donors (Lipinski definition) is 1. The topological polar surface area (TPSA) is 38.3 Å². The molecule has 0 radical (unpaired) electrons. The summed E-state index contributed by atoms with van der Waals surface area (Å²) in [6.07, 6.45) is -0.501. The molecule has 0 saturated carbocycles. The second kappa shape index (κ2) is 9.52. The smallest absolute Gasteiger partial charge is 0.260 e. The van der Waals surface area contributed by atoms with Crippen molar-refractivity contribution in [3.8, 4) is 5.75 Å². The van der Waals surface area contributed by atoms with Crippen molar-refractivity contribution in [2.24, 2.45) is 0 Å². The van der Waals surface area contributed by atoms with Crippen molar-refractivity contribution in [1.29, 1.82) is 0 Å². The van der Waals surface area contributed by atoms with Gasteiger partial charge in [0.2, 0.25) is 0 Å². The van der Waals surface area contributed by atoms with E-state index in [9.17, 15) is 4.79 Å². The first-order valence-corrected chi connectivity index (χ1v) is 9.76. The molecule has 2 aromatic carbocycles. The highest BCUT2D eigenvalue weighted by Gasteiger charge is 2.16. The van der Waals surface area contributed by atoms with E-state index in [1.807, 2.05) is 49.9 Å². The largest absolute Gasteiger partial charge is 0.481 e. The van der Waals surface area contributed by atoms with E-state index in [2.05, 4.69) is 30.4 Å². The highest BCUT2D eigenvalue weighted by Crippen LogP contribution is 2.24. The lowest BCUT2D eigenvalue weighted by Crippen LogP contribution is -2.37. The Kier molecular flexibility index (Phi) is 7.38. The van der Waals surface area contributed by atoms with E-state index >= 15 is 0 Å². The van der Waals surface area contributed by atoms with Gasteiger partial charge in [-0.3, -0.25) is 4.79 Å². The summed E-state index contributed by atoms with van der Waals surface area (Å²) in [4.78, 5) is 12.2. The minimum absolute atomic E-state index is 0.0705. The Morgan fingerprint density at radius 1 is 1.16 bits per heavy atom. The molecule has 134 valence electrons. The maximum Gasteiger partial charge on any atom is 0.260 e. The van der Waals surface area contributed by atoms with Crippen molar-refractivity contribution >= 4 is 17.7 Å². The van der Waals surface area contributed by atoms with Crippen LogP contribution in [0.2, 0.25) is 0 Å². The molecule has 25 heavy (non-hydrogen) atoms. The Morgan fingerprint density at radius 3 is 2.60 bits per heavy atom. The van der Waals surface area contributed by atoms with Crippen molar-refractivity contribution in [2.75, 3.05) is 12.3 Å². The van der Waals surface area contributed by atoms with E-state index in [1.54, 1.807) is 6.92 Å². The molecular formula is C21H27NO2S. The molecule has 4 heteroatoms. The Morgan fingerprint density at radius 2 is 1.88 bits per heavy atom. The SMILES string of the molecule is Cc1cc(C)c(C)c(O[C@@H](C)C(=O)NCCSCc2ccccc2)c1. The summed E-state index contributed by atoms with van der Waals surface area (Å²) < 4.78 is 5.88. The molecule has 3 nitrogen and oxygen atoms in total. The van der Waals surface area contributed by atoms with Gasteiger partial charge in [-0.15, -0.1) is 0 Å². The molecule has 0 bridgehead atoms. The van der Waals surface area contributed by atoms with Crippen LogP contribution in [0.5, 0.6) is 5.75 Å².